The number of hydrogen-bond donors (Lipinski definition) is 1. The molecule has 0 aliphatic heterocycles. The summed E-state index contributed by atoms with van der Waals surface area (Å²) in [5.74, 6) is 0.158. The molecule has 0 saturated carbocycles. The molecule has 36 heavy (non-hydrogen) atoms. The lowest BCUT2D eigenvalue weighted by atomic mass is 10.2. The molecule has 4 aromatic rings. The number of ether oxygens (including phenoxy) is 1. The summed E-state index contributed by atoms with van der Waals surface area (Å²) in [5.41, 5.74) is 3.00. The zero-order valence-corrected chi connectivity index (χ0v) is 22.0. The number of carbonyl (C=O) groups is 1. The van der Waals surface area contributed by atoms with Crippen molar-refractivity contribution in [2.24, 2.45) is 0 Å². The Morgan fingerprint density at radius 1 is 0.861 bits per heavy atom. The van der Waals surface area contributed by atoms with E-state index in [9.17, 15) is 13.2 Å². The van der Waals surface area contributed by atoms with Crippen LogP contribution in [0.25, 0.3) is 0 Å². The highest BCUT2D eigenvalue weighted by Gasteiger charge is 2.25. The van der Waals surface area contributed by atoms with E-state index < -0.39 is 10.0 Å². The number of halogens is 1. The molecule has 0 saturated heterocycles. The number of rotatable bonds is 9. The van der Waals surface area contributed by atoms with Crippen LogP contribution in [-0.2, 0) is 21.4 Å². The maximum Gasteiger partial charge on any atom is 0.264 e. The SMILES string of the molecule is Cc1ccc(S(=O)(=O)N(Cc2ccccc2)c2ccc(OCC(=O)Nc3ccc(Br)cc3)cc2)cc1. The van der Waals surface area contributed by atoms with Gasteiger partial charge < -0.3 is 10.1 Å². The van der Waals surface area contributed by atoms with Gasteiger partial charge in [0.15, 0.2) is 6.61 Å². The number of carbonyl (C=O) groups excluding carboxylic acids is 1. The van der Waals surface area contributed by atoms with Crippen LogP contribution in [0.4, 0.5) is 11.4 Å². The average Bonchev–Trinajstić information content (AvgIpc) is 2.89. The van der Waals surface area contributed by atoms with Gasteiger partial charge in [-0.3, -0.25) is 9.10 Å². The van der Waals surface area contributed by atoms with Crippen molar-refractivity contribution in [3.63, 3.8) is 0 Å². The van der Waals surface area contributed by atoms with E-state index in [2.05, 4.69) is 21.2 Å². The smallest absolute Gasteiger partial charge is 0.264 e. The van der Waals surface area contributed by atoms with Gasteiger partial charge in [0.1, 0.15) is 5.75 Å². The summed E-state index contributed by atoms with van der Waals surface area (Å²) in [4.78, 5) is 12.4. The molecule has 6 nitrogen and oxygen atoms in total. The Bertz CT molecular complexity index is 1410. The summed E-state index contributed by atoms with van der Waals surface area (Å²) < 4.78 is 35.1. The summed E-state index contributed by atoms with van der Waals surface area (Å²) in [6.07, 6.45) is 0. The lowest BCUT2D eigenvalue weighted by molar-refractivity contribution is -0.118. The third-order valence-electron chi connectivity index (χ3n) is 5.40. The number of anilines is 2. The molecule has 184 valence electrons. The van der Waals surface area contributed by atoms with Gasteiger partial charge in [0, 0.05) is 10.2 Å². The Balaban J connectivity index is 1.50. The van der Waals surface area contributed by atoms with Crippen LogP contribution in [0.15, 0.2) is 112 Å². The maximum atomic E-state index is 13.6. The van der Waals surface area contributed by atoms with Gasteiger partial charge in [0.05, 0.1) is 17.1 Å². The fourth-order valence-corrected chi connectivity index (χ4v) is 5.21. The molecule has 1 amide bonds. The highest BCUT2D eigenvalue weighted by molar-refractivity contribution is 9.10. The van der Waals surface area contributed by atoms with Gasteiger partial charge in [-0.15, -0.1) is 0 Å². The fourth-order valence-electron chi connectivity index (χ4n) is 3.49. The molecule has 0 heterocycles. The lowest BCUT2D eigenvalue weighted by Gasteiger charge is -2.25. The highest BCUT2D eigenvalue weighted by Crippen LogP contribution is 2.28. The Kier molecular flexibility index (Phi) is 8.07. The summed E-state index contributed by atoms with van der Waals surface area (Å²) in [6.45, 7) is 1.91. The summed E-state index contributed by atoms with van der Waals surface area (Å²) in [5, 5.41) is 2.77. The number of benzene rings is 4. The molecule has 0 atom stereocenters. The minimum atomic E-state index is -3.82. The molecule has 0 aliphatic carbocycles. The molecule has 8 heteroatoms. The third-order valence-corrected chi connectivity index (χ3v) is 7.72. The second-order valence-corrected chi connectivity index (χ2v) is 10.9. The van der Waals surface area contributed by atoms with E-state index >= 15 is 0 Å². The van der Waals surface area contributed by atoms with Crippen LogP contribution in [0, 0.1) is 6.92 Å². The number of nitrogens with one attached hydrogen (secondary N) is 1. The summed E-state index contributed by atoms with van der Waals surface area (Å²) in [7, 11) is -3.82. The van der Waals surface area contributed by atoms with Crippen molar-refractivity contribution in [1.29, 1.82) is 0 Å². The largest absolute Gasteiger partial charge is 0.484 e. The van der Waals surface area contributed by atoms with Crippen LogP contribution >= 0.6 is 15.9 Å². The number of aryl methyl sites for hydroxylation is 1. The molecule has 0 bridgehead atoms. The van der Waals surface area contributed by atoms with E-state index in [0.29, 0.717) is 17.1 Å². The van der Waals surface area contributed by atoms with Gasteiger partial charge in [-0.25, -0.2) is 8.42 Å². The molecule has 4 rings (SSSR count). The van der Waals surface area contributed by atoms with Crippen LogP contribution in [-0.4, -0.2) is 20.9 Å². The first kappa shape index (κ1) is 25.5. The molecule has 0 radical (unpaired) electrons. The average molecular weight is 565 g/mol. The van der Waals surface area contributed by atoms with Crippen LogP contribution in [0.3, 0.4) is 0 Å². The van der Waals surface area contributed by atoms with Crippen LogP contribution in [0.5, 0.6) is 5.75 Å². The first-order valence-corrected chi connectivity index (χ1v) is 13.5. The normalized spacial score (nSPS) is 11.1. The van der Waals surface area contributed by atoms with E-state index in [1.807, 2.05) is 49.4 Å². The summed E-state index contributed by atoms with van der Waals surface area (Å²) >= 11 is 3.36. The Labute approximate surface area is 219 Å². The molecule has 0 fully saturated rings. The molecule has 1 N–H and O–H groups in total. The summed E-state index contributed by atoms with van der Waals surface area (Å²) in [6, 6.07) is 30.1. The van der Waals surface area contributed by atoms with Gasteiger partial charge >= 0.3 is 0 Å². The topological polar surface area (TPSA) is 75.7 Å². The first-order chi connectivity index (χ1) is 17.3. The van der Waals surface area contributed by atoms with Crippen molar-refractivity contribution < 1.29 is 17.9 Å². The van der Waals surface area contributed by atoms with E-state index in [-0.39, 0.29) is 24.0 Å². The van der Waals surface area contributed by atoms with Gasteiger partial charge in [-0.1, -0.05) is 64.0 Å². The molecule has 4 aromatic carbocycles. The quantitative estimate of drug-likeness (QED) is 0.263. The maximum absolute atomic E-state index is 13.6. The van der Waals surface area contributed by atoms with Gasteiger partial charge in [0.25, 0.3) is 15.9 Å². The molecular formula is C28H25BrN2O4S. The van der Waals surface area contributed by atoms with Crippen LogP contribution < -0.4 is 14.4 Å². The molecule has 0 spiro atoms. The van der Waals surface area contributed by atoms with Gasteiger partial charge in [0.2, 0.25) is 0 Å². The zero-order chi connectivity index (χ0) is 25.5. The number of nitrogens with zero attached hydrogens (tertiary/aromatic N) is 1. The molecule has 0 aromatic heterocycles. The van der Waals surface area contributed by atoms with Gasteiger partial charge in [-0.05, 0) is 73.2 Å². The van der Waals surface area contributed by atoms with E-state index in [0.717, 1.165) is 15.6 Å². The van der Waals surface area contributed by atoms with Crippen molar-refractivity contribution in [1.82, 2.24) is 0 Å². The monoisotopic (exact) mass is 564 g/mol. The van der Waals surface area contributed by atoms with Crippen molar-refractivity contribution in [2.45, 2.75) is 18.4 Å². The Morgan fingerprint density at radius 2 is 1.50 bits per heavy atom. The number of amides is 1. The minimum Gasteiger partial charge on any atom is -0.484 e. The minimum absolute atomic E-state index is 0.173. The number of hydrogen-bond acceptors (Lipinski definition) is 4. The van der Waals surface area contributed by atoms with Crippen molar-refractivity contribution >= 4 is 43.2 Å². The number of sulfonamides is 1. The molecular weight excluding hydrogens is 540 g/mol. The predicted molar refractivity (Wildman–Crippen MR) is 146 cm³/mol. The predicted octanol–water partition coefficient (Wildman–Crippen LogP) is 6.17. The van der Waals surface area contributed by atoms with E-state index in [4.69, 9.17) is 4.74 Å². The standard InChI is InChI=1S/C28H25BrN2O4S/c1-21-7-17-27(18-8-21)36(33,34)31(19-22-5-3-2-4-6-22)25-13-15-26(16-14-25)35-20-28(32)30-24-11-9-23(29)10-12-24/h2-18H,19-20H2,1H3,(H,30,32). The van der Waals surface area contributed by atoms with E-state index in [1.54, 1.807) is 60.7 Å². The third kappa shape index (κ3) is 6.53. The zero-order valence-electron chi connectivity index (χ0n) is 19.6. The fraction of sp³-hybridized carbons (Fsp3) is 0.107. The molecule has 0 aliphatic rings. The van der Waals surface area contributed by atoms with E-state index in [1.165, 1.54) is 4.31 Å². The first-order valence-electron chi connectivity index (χ1n) is 11.2. The Morgan fingerprint density at radius 3 is 2.14 bits per heavy atom. The van der Waals surface area contributed by atoms with Crippen molar-refractivity contribution in [2.75, 3.05) is 16.2 Å². The lowest BCUT2D eigenvalue weighted by Crippen LogP contribution is -2.30. The van der Waals surface area contributed by atoms with Crippen LogP contribution in [0.2, 0.25) is 0 Å². The van der Waals surface area contributed by atoms with Gasteiger partial charge in [-0.2, -0.15) is 0 Å². The van der Waals surface area contributed by atoms with Crippen molar-refractivity contribution in [3.05, 3.63) is 119 Å². The molecule has 0 unspecified atom stereocenters. The second-order valence-electron chi connectivity index (χ2n) is 8.15. The van der Waals surface area contributed by atoms with Crippen molar-refractivity contribution in [3.8, 4) is 5.75 Å². The Hall–Kier alpha value is -3.62. The second kappa shape index (κ2) is 11.4. The van der Waals surface area contributed by atoms with Crippen LogP contribution in [0.1, 0.15) is 11.1 Å². The highest BCUT2D eigenvalue weighted by atomic mass is 79.9.